The van der Waals surface area contributed by atoms with Crippen molar-refractivity contribution in [3.05, 3.63) is 77.1 Å². The van der Waals surface area contributed by atoms with Crippen LogP contribution in [0.5, 0.6) is 0 Å². The molecule has 1 aliphatic heterocycles. The van der Waals surface area contributed by atoms with E-state index >= 15 is 0 Å². The quantitative estimate of drug-likeness (QED) is 0.620. The first-order chi connectivity index (χ1) is 14.4. The van der Waals surface area contributed by atoms with E-state index in [1.54, 1.807) is 33.8 Å². The highest BCUT2D eigenvalue weighted by molar-refractivity contribution is 7.89. The summed E-state index contributed by atoms with van der Waals surface area (Å²) in [6, 6.07) is 17.7. The van der Waals surface area contributed by atoms with E-state index in [1.807, 2.05) is 37.3 Å². The standard InChI is InChI=1S/C21H21ClN4O3S/c1-16-15-19(23-26(16)17-7-3-2-4-8-17)21(27)24-11-13-25(14-12-24)30(28,29)20-10-6-5-9-18(20)22/h2-10,15H,11-14H2,1H3. The van der Waals surface area contributed by atoms with Crippen molar-refractivity contribution in [3.8, 4) is 5.69 Å². The molecular weight excluding hydrogens is 424 g/mol. The first-order valence-electron chi connectivity index (χ1n) is 9.54. The van der Waals surface area contributed by atoms with Gasteiger partial charge in [-0.05, 0) is 37.3 Å². The summed E-state index contributed by atoms with van der Waals surface area (Å²) in [5.41, 5.74) is 2.08. The minimum Gasteiger partial charge on any atom is -0.335 e. The summed E-state index contributed by atoms with van der Waals surface area (Å²) >= 11 is 6.07. The third-order valence-corrected chi connectivity index (χ3v) is 7.49. The number of carbonyl (C=O) groups is 1. The molecule has 7 nitrogen and oxygen atoms in total. The fraction of sp³-hybridized carbons (Fsp3) is 0.238. The smallest absolute Gasteiger partial charge is 0.274 e. The highest BCUT2D eigenvalue weighted by Crippen LogP contribution is 2.25. The van der Waals surface area contributed by atoms with Gasteiger partial charge in [0.05, 0.1) is 10.7 Å². The van der Waals surface area contributed by atoms with Crippen molar-refractivity contribution in [1.29, 1.82) is 0 Å². The molecule has 0 atom stereocenters. The van der Waals surface area contributed by atoms with Gasteiger partial charge in [-0.2, -0.15) is 9.40 Å². The van der Waals surface area contributed by atoms with E-state index in [1.165, 1.54) is 10.4 Å². The van der Waals surface area contributed by atoms with Crippen molar-refractivity contribution < 1.29 is 13.2 Å². The molecule has 0 bridgehead atoms. The van der Waals surface area contributed by atoms with E-state index in [0.717, 1.165) is 11.4 Å². The van der Waals surface area contributed by atoms with E-state index in [4.69, 9.17) is 11.6 Å². The SMILES string of the molecule is Cc1cc(C(=O)N2CCN(S(=O)(=O)c3ccccc3Cl)CC2)nn1-c1ccccc1. The van der Waals surface area contributed by atoms with Gasteiger partial charge in [0, 0.05) is 31.9 Å². The van der Waals surface area contributed by atoms with Gasteiger partial charge in [-0.15, -0.1) is 0 Å². The second-order valence-corrected chi connectivity index (χ2v) is 9.36. The summed E-state index contributed by atoms with van der Waals surface area (Å²) in [4.78, 5) is 14.7. The van der Waals surface area contributed by atoms with Gasteiger partial charge < -0.3 is 4.90 Å². The molecule has 2 aromatic carbocycles. The molecule has 30 heavy (non-hydrogen) atoms. The minimum atomic E-state index is -3.70. The number of hydrogen-bond acceptors (Lipinski definition) is 4. The Balaban J connectivity index is 1.47. The second-order valence-electron chi connectivity index (χ2n) is 7.05. The fourth-order valence-electron chi connectivity index (χ4n) is 3.50. The van der Waals surface area contributed by atoms with Crippen LogP contribution in [0.4, 0.5) is 0 Å². The summed E-state index contributed by atoms with van der Waals surface area (Å²) < 4.78 is 28.9. The van der Waals surface area contributed by atoms with Crippen molar-refractivity contribution in [3.63, 3.8) is 0 Å². The van der Waals surface area contributed by atoms with Crippen molar-refractivity contribution in [1.82, 2.24) is 19.0 Å². The molecule has 0 N–H and O–H groups in total. The highest BCUT2D eigenvalue weighted by atomic mass is 35.5. The highest BCUT2D eigenvalue weighted by Gasteiger charge is 2.32. The number of piperazine rings is 1. The Kier molecular flexibility index (Phi) is 5.64. The van der Waals surface area contributed by atoms with Crippen LogP contribution in [0.3, 0.4) is 0 Å². The lowest BCUT2D eigenvalue weighted by molar-refractivity contribution is 0.0691. The molecule has 1 amide bonds. The number of aryl methyl sites for hydroxylation is 1. The topological polar surface area (TPSA) is 75.5 Å². The number of benzene rings is 2. The lowest BCUT2D eigenvalue weighted by atomic mass is 10.3. The number of nitrogens with zero attached hydrogens (tertiary/aromatic N) is 4. The summed E-state index contributed by atoms with van der Waals surface area (Å²) in [5, 5.41) is 4.65. The molecule has 156 valence electrons. The van der Waals surface area contributed by atoms with E-state index in [2.05, 4.69) is 5.10 Å². The molecular formula is C21H21ClN4O3S. The molecule has 2 heterocycles. The molecule has 0 radical (unpaired) electrons. The summed E-state index contributed by atoms with van der Waals surface area (Å²) in [6.45, 7) is 2.89. The second kappa shape index (κ2) is 8.22. The van der Waals surface area contributed by atoms with Crippen LogP contribution < -0.4 is 0 Å². The predicted molar refractivity (Wildman–Crippen MR) is 114 cm³/mol. The lowest BCUT2D eigenvalue weighted by Crippen LogP contribution is -2.50. The molecule has 1 saturated heterocycles. The average Bonchev–Trinajstić information content (AvgIpc) is 3.15. The molecule has 0 saturated carbocycles. The van der Waals surface area contributed by atoms with Crippen LogP contribution in [0.1, 0.15) is 16.2 Å². The molecule has 1 aliphatic rings. The minimum absolute atomic E-state index is 0.0867. The fourth-order valence-corrected chi connectivity index (χ4v) is 5.41. The van der Waals surface area contributed by atoms with E-state index in [0.29, 0.717) is 18.8 Å². The third kappa shape index (κ3) is 3.86. The van der Waals surface area contributed by atoms with Crippen LogP contribution in [0.2, 0.25) is 5.02 Å². The van der Waals surface area contributed by atoms with Crippen molar-refractivity contribution in [2.75, 3.05) is 26.2 Å². The van der Waals surface area contributed by atoms with Crippen LogP contribution in [0.15, 0.2) is 65.6 Å². The zero-order valence-corrected chi connectivity index (χ0v) is 18.0. The first kappa shape index (κ1) is 20.6. The van der Waals surface area contributed by atoms with Crippen LogP contribution in [-0.4, -0.2) is 59.5 Å². The number of amides is 1. The summed E-state index contributed by atoms with van der Waals surface area (Å²) in [6.07, 6.45) is 0. The Bertz CT molecular complexity index is 1170. The maximum atomic E-state index is 12.9. The Labute approximate surface area is 180 Å². The number of rotatable bonds is 4. The summed E-state index contributed by atoms with van der Waals surface area (Å²) in [7, 11) is -3.70. The molecule has 0 aliphatic carbocycles. The average molecular weight is 445 g/mol. The molecule has 4 rings (SSSR count). The maximum absolute atomic E-state index is 12.9. The van der Waals surface area contributed by atoms with E-state index < -0.39 is 10.0 Å². The van der Waals surface area contributed by atoms with Crippen LogP contribution in [0.25, 0.3) is 5.69 Å². The third-order valence-electron chi connectivity index (χ3n) is 5.09. The maximum Gasteiger partial charge on any atom is 0.274 e. The van der Waals surface area contributed by atoms with Crippen LogP contribution in [0, 0.1) is 6.92 Å². The van der Waals surface area contributed by atoms with Crippen LogP contribution in [-0.2, 0) is 10.0 Å². The number of aromatic nitrogens is 2. The summed E-state index contributed by atoms with van der Waals surface area (Å²) in [5.74, 6) is -0.206. The van der Waals surface area contributed by atoms with Gasteiger partial charge in [0.2, 0.25) is 10.0 Å². The number of hydrogen-bond donors (Lipinski definition) is 0. The molecule has 9 heteroatoms. The molecule has 3 aromatic rings. The van der Waals surface area contributed by atoms with Gasteiger partial charge in [-0.1, -0.05) is 41.9 Å². The molecule has 0 spiro atoms. The van der Waals surface area contributed by atoms with Gasteiger partial charge in [-0.3, -0.25) is 4.79 Å². The number of halogens is 1. The Morgan fingerprint density at radius 3 is 2.27 bits per heavy atom. The Morgan fingerprint density at radius 1 is 0.967 bits per heavy atom. The Morgan fingerprint density at radius 2 is 1.60 bits per heavy atom. The zero-order valence-electron chi connectivity index (χ0n) is 16.4. The van der Waals surface area contributed by atoms with Crippen molar-refractivity contribution >= 4 is 27.5 Å². The molecule has 1 aromatic heterocycles. The molecule has 1 fully saturated rings. The largest absolute Gasteiger partial charge is 0.335 e. The zero-order chi connectivity index (χ0) is 21.3. The van der Waals surface area contributed by atoms with Gasteiger partial charge >= 0.3 is 0 Å². The number of para-hydroxylation sites is 1. The number of sulfonamides is 1. The first-order valence-corrected chi connectivity index (χ1v) is 11.4. The number of carbonyl (C=O) groups excluding carboxylic acids is 1. The monoisotopic (exact) mass is 444 g/mol. The van der Waals surface area contributed by atoms with Gasteiger partial charge in [-0.25, -0.2) is 13.1 Å². The predicted octanol–water partition coefficient (Wildman–Crippen LogP) is 2.98. The van der Waals surface area contributed by atoms with Gasteiger partial charge in [0.15, 0.2) is 5.69 Å². The van der Waals surface area contributed by atoms with Gasteiger partial charge in [0.25, 0.3) is 5.91 Å². The lowest BCUT2D eigenvalue weighted by Gasteiger charge is -2.33. The molecule has 0 unspecified atom stereocenters. The van der Waals surface area contributed by atoms with E-state index in [9.17, 15) is 13.2 Å². The Hall–Kier alpha value is -2.68. The van der Waals surface area contributed by atoms with Crippen molar-refractivity contribution in [2.24, 2.45) is 0 Å². The van der Waals surface area contributed by atoms with Crippen molar-refractivity contribution in [2.45, 2.75) is 11.8 Å². The van der Waals surface area contributed by atoms with E-state index in [-0.39, 0.29) is 28.9 Å². The van der Waals surface area contributed by atoms with Gasteiger partial charge in [0.1, 0.15) is 4.90 Å². The normalized spacial score (nSPS) is 15.3. The van der Waals surface area contributed by atoms with Crippen LogP contribution >= 0.6 is 11.6 Å².